The number of sulfonamides is 1. The van der Waals surface area contributed by atoms with Crippen LogP contribution in [0.1, 0.15) is 25.7 Å². The molecular formula is C21H26F3N5O3S. The van der Waals surface area contributed by atoms with Crippen molar-refractivity contribution in [1.29, 1.82) is 0 Å². The summed E-state index contributed by atoms with van der Waals surface area (Å²) >= 11 is 0. The highest BCUT2D eigenvalue weighted by Crippen LogP contribution is 2.26. The van der Waals surface area contributed by atoms with Gasteiger partial charge < -0.3 is 14.5 Å². The number of anilines is 2. The Morgan fingerprint density at radius 3 is 1.73 bits per heavy atom. The molecule has 0 N–H and O–H groups in total. The zero-order valence-electron chi connectivity index (χ0n) is 18.0. The molecule has 1 aromatic heterocycles. The van der Waals surface area contributed by atoms with Crippen molar-refractivity contribution in [3.63, 3.8) is 0 Å². The van der Waals surface area contributed by atoms with Gasteiger partial charge in [0.05, 0.1) is 4.90 Å². The molecule has 0 radical (unpaired) electrons. The predicted octanol–water partition coefficient (Wildman–Crippen LogP) is 3.27. The van der Waals surface area contributed by atoms with Gasteiger partial charge in [0.25, 0.3) is 0 Å². The number of hydrogen-bond acceptors (Lipinski definition) is 7. The van der Waals surface area contributed by atoms with Crippen molar-refractivity contribution in [1.82, 2.24) is 14.5 Å². The predicted molar refractivity (Wildman–Crippen MR) is 117 cm³/mol. The van der Waals surface area contributed by atoms with Crippen LogP contribution >= 0.6 is 0 Å². The van der Waals surface area contributed by atoms with Crippen LogP contribution in [0.25, 0.3) is 0 Å². The molecule has 12 heteroatoms. The van der Waals surface area contributed by atoms with Gasteiger partial charge in [-0.1, -0.05) is 12.8 Å². The number of ether oxygens (including phenoxy) is 1. The van der Waals surface area contributed by atoms with Gasteiger partial charge in [0, 0.05) is 39.3 Å². The average molecular weight is 486 g/mol. The van der Waals surface area contributed by atoms with Gasteiger partial charge >= 0.3 is 6.36 Å². The molecule has 0 aliphatic carbocycles. The fraction of sp³-hybridized carbons (Fsp3) is 0.524. The van der Waals surface area contributed by atoms with Crippen LogP contribution < -0.4 is 14.5 Å². The van der Waals surface area contributed by atoms with E-state index < -0.39 is 22.1 Å². The molecule has 0 saturated carbocycles. The van der Waals surface area contributed by atoms with Crippen molar-refractivity contribution in [3.8, 4) is 5.75 Å². The second-order valence-corrected chi connectivity index (χ2v) is 10.00. The Labute approximate surface area is 191 Å². The summed E-state index contributed by atoms with van der Waals surface area (Å²) in [6.07, 6.45) is -0.0534. The van der Waals surface area contributed by atoms with Gasteiger partial charge in [-0.25, -0.2) is 8.42 Å². The molecule has 0 unspecified atom stereocenters. The number of hydrogen-bond donors (Lipinski definition) is 0. The van der Waals surface area contributed by atoms with Crippen LogP contribution in [0, 0.1) is 0 Å². The van der Waals surface area contributed by atoms with Crippen LogP contribution in [-0.2, 0) is 10.0 Å². The fourth-order valence-corrected chi connectivity index (χ4v) is 5.50. The van der Waals surface area contributed by atoms with Crippen LogP contribution in [-0.4, -0.2) is 68.6 Å². The quantitative estimate of drug-likeness (QED) is 0.643. The van der Waals surface area contributed by atoms with Gasteiger partial charge in [-0.3, -0.25) is 0 Å². The van der Waals surface area contributed by atoms with Crippen LogP contribution in [0.15, 0.2) is 41.3 Å². The minimum atomic E-state index is -4.83. The summed E-state index contributed by atoms with van der Waals surface area (Å²) in [5, 5.41) is 8.73. The van der Waals surface area contributed by atoms with E-state index in [1.165, 1.54) is 17.1 Å². The number of alkyl halides is 3. The molecule has 0 spiro atoms. The zero-order chi connectivity index (χ0) is 23.5. The third-order valence-corrected chi connectivity index (χ3v) is 7.74. The summed E-state index contributed by atoms with van der Waals surface area (Å²) in [7, 11) is -3.83. The monoisotopic (exact) mass is 485 g/mol. The molecule has 0 bridgehead atoms. The summed E-state index contributed by atoms with van der Waals surface area (Å²) < 4.78 is 67.8. The lowest BCUT2D eigenvalue weighted by Crippen LogP contribution is -2.49. The smallest absolute Gasteiger partial charge is 0.406 e. The molecule has 1 aromatic carbocycles. The third-order valence-electron chi connectivity index (χ3n) is 5.82. The van der Waals surface area contributed by atoms with Crippen LogP contribution in [0.2, 0.25) is 0 Å². The number of halogens is 3. The second kappa shape index (κ2) is 9.72. The van der Waals surface area contributed by atoms with Gasteiger partial charge in [-0.05, 0) is 49.2 Å². The van der Waals surface area contributed by atoms with E-state index in [1.54, 1.807) is 0 Å². The molecular weight excluding hydrogens is 459 g/mol. The molecule has 2 aliphatic rings. The van der Waals surface area contributed by atoms with Crippen molar-refractivity contribution in [2.45, 2.75) is 36.9 Å². The lowest BCUT2D eigenvalue weighted by atomic mass is 10.2. The van der Waals surface area contributed by atoms with Crippen molar-refractivity contribution < 1.29 is 26.3 Å². The average Bonchev–Trinajstić information content (AvgIpc) is 3.08. The lowest BCUT2D eigenvalue weighted by molar-refractivity contribution is -0.274. The van der Waals surface area contributed by atoms with Crippen molar-refractivity contribution in [2.24, 2.45) is 0 Å². The molecule has 2 saturated heterocycles. The first-order valence-electron chi connectivity index (χ1n) is 10.9. The standard InChI is InChI=1S/C21H26F3N5O3S/c22-21(23,24)32-17-5-7-18(8-6-17)33(30,31)29-15-13-28(14-16-29)20-10-9-19(25-26-20)27-11-3-1-2-4-12-27/h5-10H,1-4,11-16H2. The summed E-state index contributed by atoms with van der Waals surface area (Å²) in [5.74, 6) is 1.09. The number of benzene rings is 1. The number of piperazine rings is 1. The molecule has 8 nitrogen and oxygen atoms in total. The Bertz CT molecular complexity index is 1020. The Hall–Kier alpha value is -2.60. The Kier molecular flexibility index (Phi) is 6.94. The second-order valence-electron chi connectivity index (χ2n) is 8.06. The summed E-state index contributed by atoms with van der Waals surface area (Å²) in [6.45, 7) is 3.30. The van der Waals surface area contributed by atoms with E-state index in [0.29, 0.717) is 18.9 Å². The number of rotatable bonds is 5. The molecule has 180 valence electrons. The topological polar surface area (TPSA) is 78.9 Å². The molecule has 3 heterocycles. The third kappa shape index (κ3) is 5.85. The van der Waals surface area contributed by atoms with E-state index in [2.05, 4.69) is 19.8 Å². The van der Waals surface area contributed by atoms with E-state index in [9.17, 15) is 21.6 Å². The Morgan fingerprint density at radius 2 is 1.24 bits per heavy atom. The number of nitrogens with zero attached hydrogens (tertiary/aromatic N) is 5. The van der Waals surface area contributed by atoms with E-state index >= 15 is 0 Å². The Balaban J connectivity index is 1.36. The van der Waals surface area contributed by atoms with Gasteiger partial charge in [-0.15, -0.1) is 23.4 Å². The first-order chi connectivity index (χ1) is 15.7. The molecule has 2 aliphatic heterocycles. The minimum absolute atomic E-state index is 0.0768. The Morgan fingerprint density at radius 1 is 0.727 bits per heavy atom. The van der Waals surface area contributed by atoms with Gasteiger partial charge in [-0.2, -0.15) is 4.31 Å². The highest BCUT2D eigenvalue weighted by Gasteiger charge is 2.32. The first-order valence-corrected chi connectivity index (χ1v) is 12.4. The van der Waals surface area contributed by atoms with Crippen LogP contribution in [0.3, 0.4) is 0 Å². The molecule has 2 fully saturated rings. The highest BCUT2D eigenvalue weighted by atomic mass is 32.2. The summed E-state index contributed by atoms with van der Waals surface area (Å²) in [4.78, 5) is 4.15. The summed E-state index contributed by atoms with van der Waals surface area (Å²) in [5.41, 5.74) is 0. The molecule has 0 amide bonds. The normalized spacial score (nSPS) is 18.8. The van der Waals surface area contributed by atoms with Crippen molar-refractivity contribution in [3.05, 3.63) is 36.4 Å². The van der Waals surface area contributed by atoms with E-state index in [4.69, 9.17) is 0 Å². The van der Waals surface area contributed by atoms with Crippen molar-refractivity contribution in [2.75, 3.05) is 49.1 Å². The van der Waals surface area contributed by atoms with E-state index in [-0.39, 0.29) is 18.0 Å². The highest BCUT2D eigenvalue weighted by molar-refractivity contribution is 7.89. The fourth-order valence-electron chi connectivity index (χ4n) is 4.08. The van der Waals surface area contributed by atoms with Crippen LogP contribution in [0.5, 0.6) is 5.75 Å². The summed E-state index contributed by atoms with van der Waals surface area (Å²) in [6, 6.07) is 8.11. The van der Waals surface area contributed by atoms with Crippen molar-refractivity contribution >= 4 is 21.7 Å². The van der Waals surface area contributed by atoms with Crippen LogP contribution in [0.4, 0.5) is 24.8 Å². The number of aromatic nitrogens is 2. The van der Waals surface area contributed by atoms with E-state index in [1.807, 2.05) is 17.0 Å². The first kappa shape index (κ1) is 23.6. The zero-order valence-corrected chi connectivity index (χ0v) is 18.9. The molecule has 2 aromatic rings. The maximum absolute atomic E-state index is 12.9. The van der Waals surface area contributed by atoms with E-state index in [0.717, 1.165) is 56.0 Å². The maximum Gasteiger partial charge on any atom is 0.573 e. The lowest BCUT2D eigenvalue weighted by Gasteiger charge is -2.34. The van der Waals surface area contributed by atoms with Gasteiger partial charge in [0.15, 0.2) is 11.6 Å². The van der Waals surface area contributed by atoms with Gasteiger partial charge in [0.2, 0.25) is 10.0 Å². The molecule has 4 rings (SSSR count). The largest absolute Gasteiger partial charge is 0.573 e. The maximum atomic E-state index is 12.9. The molecule has 0 atom stereocenters. The minimum Gasteiger partial charge on any atom is -0.406 e. The molecule has 33 heavy (non-hydrogen) atoms. The van der Waals surface area contributed by atoms with Gasteiger partial charge in [0.1, 0.15) is 5.75 Å². The SMILES string of the molecule is O=S(=O)(c1ccc(OC(F)(F)F)cc1)N1CCN(c2ccc(N3CCCCCC3)nn2)CC1.